The summed E-state index contributed by atoms with van der Waals surface area (Å²) < 4.78 is 42.2. The average Bonchev–Trinajstić information content (AvgIpc) is 3.40. The van der Waals surface area contributed by atoms with Crippen molar-refractivity contribution in [1.29, 1.82) is 0 Å². The third kappa shape index (κ3) is 14.6. The standard InChI is InChI=1S/C62H81FN2O8/c1-5-7-8-9-10-11-12-13-14-22-38-69-61(68)65(43-47-28-30-50(63)31-29-47)58-42-56(64-71-44-48-23-16-15-17-24-48)54-40-49(25-18-20-35-66)53(26-19-21-36-67)59-55-41-52(72-51-32-27-45(3)46(4)39-51)33-34-57(55)73-62(58,60(54)59)70-37-6-2/h6,15-17,23-24,27-34,39-41,49,53,58-60,66-67H,2,5,7-14,18-22,25-26,35-38,42-44H2,1,3-4H3. The Morgan fingerprint density at radius 3 is 2.19 bits per heavy atom. The monoisotopic (exact) mass is 1000 g/mol. The van der Waals surface area contributed by atoms with Crippen molar-refractivity contribution in [2.75, 3.05) is 26.4 Å². The Kier molecular flexibility index (Phi) is 21.4. The number of oxime groups is 1. The molecule has 3 aliphatic rings. The van der Waals surface area contributed by atoms with Crippen LogP contribution in [-0.2, 0) is 27.5 Å². The Balaban J connectivity index is 1.34. The molecule has 0 radical (unpaired) electrons. The van der Waals surface area contributed by atoms with Crippen molar-refractivity contribution in [3.05, 3.63) is 149 Å². The molecule has 2 N–H and O–H groups in total. The third-order valence-corrected chi connectivity index (χ3v) is 15.2. The molecule has 11 heteroatoms. The molecule has 4 aromatic carbocycles. The zero-order valence-electron chi connectivity index (χ0n) is 43.8. The Morgan fingerprint density at radius 1 is 0.808 bits per heavy atom. The molecule has 0 bridgehead atoms. The molecule has 6 unspecified atom stereocenters. The molecule has 1 fully saturated rings. The van der Waals surface area contributed by atoms with Gasteiger partial charge in [0.2, 0.25) is 5.79 Å². The highest BCUT2D eigenvalue weighted by molar-refractivity contribution is 6.03. The number of aryl methyl sites for hydroxylation is 2. The minimum atomic E-state index is -1.51. The summed E-state index contributed by atoms with van der Waals surface area (Å²) in [7, 11) is 0. The Morgan fingerprint density at radius 2 is 1.49 bits per heavy atom. The van der Waals surface area contributed by atoms with Crippen LogP contribution in [0.4, 0.5) is 9.18 Å². The van der Waals surface area contributed by atoms with E-state index in [0.717, 1.165) is 79.4 Å². The van der Waals surface area contributed by atoms with E-state index < -0.39 is 23.8 Å². The van der Waals surface area contributed by atoms with E-state index in [2.05, 4.69) is 45.6 Å². The molecule has 2 aliphatic carbocycles. The summed E-state index contributed by atoms with van der Waals surface area (Å²) in [5.74, 6) is -0.602. The van der Waals surface area contributed by atoms with Gasteiger partial charge < -0.3 is 34.0 Å². The van der Waals surface area contributed by atoms with Crippen molar-refractivity contribution in [2.24, 2.45) is 22.9 Å². The largest absolute Gasteiger partial charge is 0.459 e. The predicted molar refractivity (Wildman–Crippen MR) is 287 cm³/mol. The maximum Gasteiger partial charge on any atom is 0.410 e. The van der Waals surface area contributed by atoms with E-state index in [-0.39, 0.29) is 69.6 Å². The molecule has 10 nitrogen and oxygen atoms in total. The number of carbonyl (C=O) groups excluding carboxylic acids is 1. The second kappa shape index (κ2) is 28.3. The summed E-state index contributed by atoms with van der Waals surface area (Å²) in [6.07, 6.45) is 19.8. The molecule has 6 atom stereocenters. The fourth-order valence-electron chi connectivity index (χ4n) is 11.3. The molecule has 1 aliphatic heterocycles. The molecule has 1 amide bonds. The summed E-state index contributed by atoms with van der Waals surface area (Å²) in [4.78, 5) is 23.1. The number of unbranched alkanes of at least 4 members (excludes halogenated alkanes) is 11. The van der Waals surface area contributed by atoms with Crippen LogP contribution in [0.25, 0.3) is 0 Å². The van der Waals surface area contributed by atoms with E-state index in [1.165, 1.54) is 56.2 Å². The van der Waals surface area contributed by atoms with Crippen molar-refractivity contribution >= 4 is 11.8 Å². The van der Waals surface area contributed by atoms with E-state index in [1.54, 1.807) is 23.1 Å². The van der Waals surface area contributed by atoms with E-state index in [4.69, 9.17) is 28.9 Å². The number of halogens is 1. The Bertz CT molecular complexity index is 2410. The molecule has 0 spiro atoms. The van der Waals surface area contributed by atoms with E-state index >= 15 is 4.79 Å². The number of allylic oxidation sites excluding steroid dienone is 1. The number of fused-ring (bicyclic) bond motifs is 2. The summed E-state index contributed by atoms with van der Waals surface area (Å²) in [5.41, 5.74) is 6.54. The van der Waals surface area contributed by atoms with E-state index in [1.807, 2.05) is 54.6 Å². The highest BCUT2D eigenvalue weighted by Crippen LogP contribution is 2.62. The van der Waals surface area contributed by atoms with Gasteiger partial charge in [0.15, 0.2) is 0 Å². The van der Waals surface area contributed by atoms with Gasteiger partial charge in [-0.15, -0.1) is 6.58 Å². The van der Waals surface area contributed by atoms with E-state index in [9.17, 15) is 14.6 Å². The first-order chi connectivity index (χ1) is 35.7. The van der Waals surface area contributed by atoms with Crippen LogP contribution in [0.15, 0.2) is 120 Å². The van der Waals surface area contributed by atoms with Crippen LogP contribution in [0.2, 0.25) is 0 Å². The highest BCUT2D eigenvalue weighted by atomic mass is 19.1. The molecule has 7 rings (SSSR count). The predicted octanol–water partition coefficient (Wildman–Crippen LogP) is 14.6. The van der Waals surface area contributed by atoms with Crippen molar-refractivity contribution in [3.8, 4) is 17.2 Å². The number of ether oxygens (including phenoxy) is 4. The van der Waals surface area contributed by atoms with Gasteiger partial charge in [0.25, 0.3) is 0 Å². The van der Waals surface area contributed by atoms with Gasteiger partial charge in [-0.25, -0.2) is 9.18 Å². The van der Waals surface area contributed by atoms with Crippen molar-refractivity contribution in [3.63, 3.8) is 0 Å². The number of rotatable bonds is 30. The molecule has 1 saturated carbocycles. The van der Waals surface area contributed by atoms with Gasteiger partial charge in [0.05, 0.1) is 24.8 Å². The lowest BCUT2D eigenvalue weighted by Crippen LogP contribution is -2.70. The molecule has 1 heterocycles. The second-order valence-electron chi connectivity index (χ2n) is 20.4. The maximum atomic E-state index is 15.1. The molecule has 0 aromatic heterocycles. The number of nitrogens with zero attached hydrogens (tertiary/aromatic N) is 2. The number of aliphatic hydroxyl groups excluding tert-OH is 2. The number of amides is 1. The third-order valence-electron chi connectivity index (χ3n) is 15.2. The summed E-state index contributed by atoms with van der Waals surface area (Å²) in [6, 6.07) is 27.4. The van der Waals surface area contributed by atoms with Crippen molar-refractivity contribution in [2.45, 2.75) is 161 Å². The Hall–Kier alpha value is -5.49. The summed E-state index contributed by atoms with van der Waals surface area (Å²) >= 11 is 0. The molecule has 0 saturated heterocycles. The quantitative estimate of drug-likeness (QED) is 0.0301. The molecule has 394 valence electrons. The van der Waals surface area contributed by atoms with Gasteiger partial charge in [0, 0.05) is 37.7 Å². The summed E-state index contributed by atoms with van der Waals surface area (Å²) in [6.45, 7) is 11.3. The van der Waals surface area contributed by atoms with Gasteiger partial charge >= 0.3 is 6.09 Å². The number of benzene rings is 4. The van der Waals surface area contributed by atoms with Gasteiger partial charge in [-0.3, -0.25) is 4.90 Å². The lowest BCUT2D eigenvalue weighted by molar-refractivity contribution is -0.256. The normalized spacial score (nSPS) is 21.4. The van der Waals surface area contributed by atoms with Gasteiger partial charge in [-0.05, 0) is 128 Å². The maximum absolute atomic E-state index is 15.1. The minimum absolute atomic E-state index is 0.0179. The zero-order valence-corrected chi connectivity index (χ0v) is 43.8. The lowest BCUT2D eigenvalue weighted by Gasteiger charge is -2.59. The first kappa shape index (κ1) is 55.3. The van der Waals surface area contributed by atoms with Crippen LogP contribution in [0.5, 0.6) is 17.2 Å². The van der Waals surface area contributed by atoms with Gasteiger partial charge in [0.1, 0.15) is 35.7 Å². The fourth-order valence-corrected chi connectivity index (χ4v) is 11.3. The summed E-state index contributed by atoms with van der Waals surface area (Å²) in [5, 5.41) is 25.2. The first-order valence-corrected chi connectivity index (χ1v) is 27.4. The molecule has 4 aromatic rings. The molecule has 73 heavy (non-hydrogen) atoms. The van der Waals surface area contributed by atoms with Crippen LogP contribution in [0.3, 0.4) is 0 Å². The van der Waals surface area contributed by atoms with Crippen LogP contribution in [-0.4, -0.2) is 65.2 Å². The van der Waals surface area contributed by atoms with Crippen LogP contribution in [0, 0.1) is 37.4 Å². The van der Waals surface area contributed by atoms with Crippen molar-refractivity contribution < 1.29 is 43.2 Å². The number of carbonyl (C=O) groups is 1. The van der Waals surface area contributed by atoms with Crippen LogP contribution in [0.1, 0.15) is 150 Å². The molecular formula is C62H81FN2O8. The number of hydrogen-bond acceptors (Lipinski definition) is 9. The van der Waals surface area contributed by atoms with Gasteiger partial charge in [-0.2, -0.15) is 0 Å². The second-order valence-corrected chi connectivity index (χ2v) is 20.4. The first-order valence-electron chi connectivity index (χ1n) is 27.4. The number of hydrogen-bond donors (Lipinski definition) is 2. The zero-order chi connectivity index (χ0) is 51.4. The fraction of sp³-hybridized carbons (Fsp3) is 0.516. The Labute approximate surface area is 434 Å². The number of aliphatic hydroxyl groups is 2. The molecular weight excluding hydrogens is 920 g/mol. The van der Waals surface area contributed by atoms with Gasteiger partial charge in [-0.1, -0.05) is 143 Å². The average molecular weight is 1000 g/mol. The highest BCUT2D eigenvalue weighted by Gasteiger charge is 2.65. The minimum Gasteiger partial charge on any atom is -0.459 e. The van der Waals surface area contributed by atoms with Crippen LogP contribution < -0.4 is 9.47 Å². The topological polar surface area (TPSA) is 119 Å². The van der Waals surface area contributed by atoms with Crippen LogP contribution >= 0.6 is 0 Å². The van der Waals surface area contributed by atoms with E-state index in [0.29, 0.717) is 35.6 Å². The lowest BCUT2D eigenvalue weighted by atomic mass is 9.55. The van der Waals surface area contributed by atoms with Crippen molar-refractivity contribution in [1.82, 2.24) is 4.90 Å². The smallest absolute Gasteiger partial charge is 0.410 e. The SMILES string of the molecule is C=CCOC12Oc3ccc(Oc4ccc(C)c(C)c4)cc3C3C(CCCCO)C(CCCCO)C=C(C(=NOCc4ccccc4)CC1N(Cc1ccc(F)cc1)C(=O)OCCCCCCCCCCCC)C32.